The number of ether oxygens (including phenoxy) is 2. The van der Waals surface area contributed by atoms with E-state index in [-0.39, 0.29) is 6.04 Å². The third-order valence-electron chi connectivity index (χ3n) is 3.02. The van der Waals surface area contributed by atoms with E-state index in [1.165, 1.54) is 0 Å². The quantitative estimate of drug-likeness (QED) is 0.718. The van der Waals surface area contributed by atoms with Gasteiger partial charge in [-0.05, 0) is 49.5 Å². The number of hydrogen-bond acceptors (Lipinski definition) is 3. The van der Waals surface area contributed by atoms with Crippen molar-refractivity contribution in [3.63, 3.8) is 0 Å². The highest BCUT2D eigenvalue weighted by atomic mass is 79.9. The van der Waals surface area contributed by atoms with Crippen molar-refractivity contribution in [2.24, 2.45) is 0 Å². The second kappa shape index (κ2) is 8.74. The van der Waals surface area contributed by atoms with Crippen molar-refractivity contribution in [3.05, 3.63) is 53.0 Å². The van der Waals surface area contributed by atoms with Crippen molar-refractivity contribution >= 4 is 38.9 Å². The molecule has 0 aliphatic carbocycles. The Bertz CT molecular complexity index is 667. The van der Waals surface area contributed by atoms with Gasteiger partial charge >= 0.3 is 0 Å². The Morgan fingerprint density at radius 1 is 1.17 bits per heavy atom. The number of thiocarbonyl (C=S) groups is 1. The fourth-order valence-electron chi connectivity index (χ4n) is 1.95. The lowest BCUT2D eigenvalue weighted by atomic mass is 10.3. The molecule has 2 aromatic carbocycles. The third-order valence-corrected chi connectivity index (χ3v) is 3.73. The monoisotopic (exact) mass is 394 g/mol. The highest BCUT2D eigenvalue weighted by Crippen LogP contribution is 2.25. The van der Waals surface area contributed by atoms with Gasteiger partial charge in [0, 0.05) is 10.2 Å². The smallest absolute Gasteiger partial charge is 0.171 e. The van der Waals surface area contributed by atoms with Crippen molar-refractivity contribution in [1.82, 2.24) is 5.32 Å². The Morgan fingerprint density at radius 3 is 2.61 bits per heavy atom. The molecule has 1 atom stereocenters. The Hall–Kier alpha value is -1.79. The molecule has 0 fully saturated rings. The van der Waals surface area contributed by atoms with Gasteiger partial charge in [0.05, 0.1) is 13.2 Å². The summed E-state index contributed by atoms with van der Waals surface area (Å²) in [6.45, 7) is 2.48. The summed E-state index contributed by atoms with van der Waals surface area (Å²) in [5.41, 5.74) is 0.926. The van der Waals surface area contributed by atoms with Crippen molar-refractivity contribution in [2.75, 3.05) is 19.0 Å². The number of hydrogen-bond donors (Lipinski definition) is 2. The van der Waals surface area contributed by atoms with Crippen LogP contribution in [0.3, 0.4) is 0 Å². The maximum absolute atomic E-state index is 5.78. The Labute approximate surface area is 150 Å². The number of halogens is 1. The molecule has 23 heavy (non-hydrogen) atoms. The molecular formula is C17H19BrN2O2S. The highest BCUT2D eigenvalue weighted by Gasteiger charge is 2.08. The van der Waals surface area contributed by atoms with Crippen molar-refractivity contribution < 1.29 is 9.47 Å². The van der Waals surface area contributed by atoms with Gasteiger partial charge in [-0.1, -0.05) is 34.1 Å². The van der Waals surface area contributed by atoms with Gasteiger partial charge in [0.25, 0.3) is 0 Å². The molecule has 0 radical (unpaired) electrons. The van der Waals surface area contributed by atoms with Crippen molar-refractivity contribution in [3.8, 4) is 11.5 Å². The summed E-state index contributed by atoms with van der Waals surface area (Å²) in [6.07, 6.45) is 0. The summed E-state index contributed by atoms with van der Waals surface area (Å²) in [5.74, 6) is 1.43. The van der Waals surface area contributed by atoms with Crippen LogP contribution >= 0.6 is 28.1 Å². The molecule has 0 bridgehead atoms. The van der Waals surface area contributed by atoms with Crippen LogP contribution in [0.4, 0.5) is 5.69 Å². The Morgan fingerprint density at radius 2 is 1.91 bits per heavy atom. The summed E-state index contributed by atoms with van der Waals surface area (Å²) >= 11 is 8.75. The van der Waals surface area contributed by atoms with Crippen molar-refractivity contribution in [1.29, 1.82) is 0 Å². The number of rotatable bonds is 6. The number of benzene rings is 2. The van der Waals surface area contributed by atoms with Crippen LogP contribution in [0.2, 0.25) is 0 Å². The molecule has 1 unspecified atom stereocenters. The van der Waals surface area contributed by atoms with Gasteiger partial charge in [0.15, 0.2) is 16.6 Å². The van der Waals surface area contributed by atoms with Crippen LogP contribution in [0.15, 0.2) is 53.0 Å². The SMILES string of the molecule is COc1ccccc1OCC(C)NC(=S)Nc1cccc(Br)c1. The van der Waals surface area contributed by atoms with Crippen LogP contribution in [0.25, 0.3) is 0 Å². The zero-order chi connectivity index (χ0) is 16.7. The minimum absolute atomic E-state index is 0.0482. The van der Waals surface area contributed by atoms with Gasteiger partial charge in [-0.3, -0.25) is 0 Å². The van der Waals surface area contributed by atoms with E-state index in [4.69, 9.17) is 21.7 Å². The van der Waals surface area contributed by atoms with Crippen LogP contribution in [0, 0.1) is 0 Å². The van der Waals surface area contributed by atoms with Gasteiger partial charge in [-0.25, -0.2) is 0 Å². The van der Waals surface area contributed by atoms with Crippen LogP contribution in [0.5, 0.6) is 11.5 Å². The van der Waals surface area contributed by atoms with E-state index in [1.807, 2.05) is 55.5 Å². The van der Waals surface area contributed by atoms with E-state index >= 15 is 0 Å². The summed E-state index contributed by atoms with van der Waals surface area (Å²) in [5, 5.41) is 6.89. The molecule has 0 aliphatic heterocycles. The lowest BCUT2D eigenvalue weighted by Crippen LogP contribution is -2.39. The van der Waals surface area contributed by atoms with E-state index in [2.05, 4.69) is 26.6 Å². The first-order chi connectivity index (χ1) is 11.1. The molecule has 0 amide bonds. The maximum atomic E-state index is 5.78. The Balaban J connectivity index is 1.82. The minimum Gasteiger partial charge on any atom is -0.493 e. The number of nitrogens with one attached hydrogen (secondary N) is 2. The van der Waals surface area contributed by atoms with E-state index < -0.39 is 0 Å². The molecule has 0 saturated heterocycles. The zero-order valence-corrected chi connectivity index (χ0v) is 15.4. The average Bonchev–Trinajstić information content (AvgIpc) is 2.53. The van der Waals surface area contributed by atoms with Crippen LogP contribution in [-0.2, 0) is 0 Å². The lowest BCUT2D eigenvalue weighted by molar-refractivity contribution is 0.270. The molecule has 2 rings (SSSR count). The lowest BCUT2D eigenvalue weighted by Gasteiger charge is -2.18. The summed E-state index contributed by atoms with van der Waals surface area (Å²) in [4.78, 5) is 0. The summed E-state index contributed by atoms with van der Waals surface area (Å²) in [6, 6.07) is 15.4. The van der Waals surface area contributed by atoms with Gasteiger partial charge in [-0.2, -0.15) is 0 Å². The first-order valence-electron chi connectivity index (χ1n) is 7.17. The van der Waals surface area contributed by atoms with Gasteiger partial charge in [0.1, 0.15) is 6.61 Å². The molecule has 2 aromatic rings. The highest BCUT2D eigenvalue weighted by molar-refractivity contribution is 9.10. The summed E-state index contributed by atoms with van der Waals surface area (Å²) < 4.78 is 12.0. The van der Waals surface area contributed by atoms with Gasteiger partial charge in [-0.15, -0.1) is 0 Å². The summed E-state index contributed by atoms with van der Waals surface area (Å²) in [7, 11) is 1.63. The van der Waals surface area contributed by atoms with Gasteiger partial charge < -0.3 is 20.1 Å². The van der Waals surface area contributed by atoms with E-state index in [9.17, 15) is 0 Å². The maximum Gasteiger partial charge on any atom is 0.171 e. The molecular weight excluding hydrogens is 376 g/mol. The number of methoxy groups -OCH3 is 1. The molecule has 0 aliphatic rings. The molecule has 0 aromatic heterocycles. The van der Waals surface area contributed by atoms with Crippen LogP contribution in [0.1, 0.15) is 6.92 Å². The average molecular weight is 395 g/mol. The normalized spacial score (nSPS) is 11.4. The number of anilines is 1. The zero-order valence-electron chi connectivity index (χ0n) is 13.0. The van der Waals surface area contributed by atoms with Crippen molar-refractivity contribution in [2.45, 2.75) is 13.0 Å². The molecule has 0 heterocycles. The number of para-hydroxylation sites is 2. The molecule has 0 spiro atoms. The fourth-order valence-corrected chi connectivity index (χ4v) is 2.67. The second-order valence-electron chi connectivity index (χ2n) is 4.97. The Kier molecular flexibility index (Phi) is 6.67. The molecule has 0 saturated carbocycles. The predicted molar refractivity (Wildman–Crippen MR) is 101 cm³/mol. The van der Waals surface area contributed by atoms with E-state index in [0.29, 0.717) is 11.7 Å². The first-order valence-corrected chi connectivity index (χ1v) is 8.37. The minimum atomic E-state index is 0.0482. The topological polar surface area (TPSA) is 42.5 Å². The second-order valence-corrected chi connectivity index (χ2v) is 6.30. The first kappa shape index (κ1) is 17.6. The van der Waals surface area contributed by atoms with Crippen LogP contribution in [-0.4, -0.2) is 24.9 Å². The predicted octanol–water partition coefficient (Wildman–Crippen LogP) is 4.21. The largest absolute Gasteiger partial charge is 0.493 e. The molecule has 4 nitrogen and oxygen atoms in total. The fraction of sp³-hybridized carbons (Fsp3) is 0.235. The molecule has 6 heteroatoms. The van der Waals surface area contributed by atoms with E-state index in [1.54, 1.807) is 7.11 Å². The van der Waals surface area contributed by atoms with E-state index in [0.717, 1.165) is 21.7 Å². The van der Waals surface area contributed by atoms with Gasteiger partial charge in [0.2, 0.25) is 0 Å². The molecule has 2 N–H and O–H groups in total. The molecule has 122 valence electrons. The van der Waals surface area contributed by atoms with Crippen LogP contribution < -0.4 is 20.1 Å². The third kappa shape index (κ3) is 5.73. The standard InChI is InChI=1S/C17H19BrN2O2S/c1-12(11-22-16-9-4-3-8-15(16)21-2)19-17(23)20-14-7-5-6-13(18)10-14/h3-10,12H,11H2,1-2H3,(H2,19,20,23).